The van der Waals surface area contributed by atoms with Crippen LogP contribution in [0.15, 0.2) is 21.3 Å². The van der Waals surface area contributed by atoms with Gasteiger partial charge in [-0.25, -0.2) is 8.42 Å². The zero-order valence-electron chi connectivity index (χ0n) is 10.6. The maximum Gasteiger partial charge on any atom is 0.232 e. The summed E-state index contributed by atoms with van der Waals surface area (Å²) in [7, 11) is -3.06. The lowest BCUT2D eigenvalue weighted by molar-refractivity contribution is 0.216. The zero-order chi connectivity index (χ0) is 13.7. The summed E-state index contributed by atoms with van der Waals surface area (Å²) in [6, 6.07) is 1.93. The molecular weight excluding hydrogens is 298 g/mol. The molecule has 0 radical (unpaired) electrons. The molecule has 0 aromatic carbocycles. The normalized spacial score (nSPS) is 21.0. The molecular formula is C12H13N3O3S2. The third-order valence-electron chi connectivity index (χ3n) is 3.72. The average molecular weight is 311 g/mol. The molecule has 2 aromatic heterocycles. The first-order valence-corrected chi connectivity index (χ1v) is 8.94. The average Bonchev–Trinajstić information content (AvgIpc) is 2.89. The van der Waals surface area contributed by atoms with Gasteiger partial charge in [0.2, 0.25) is 21.7 Å². The highest BCUT2D eigenvalue weighted by Gasteiger charge is 2.46. The van der Waals surface area contributed by atoms with Gasteiger partial charge in [0.05, 0.1) is 11.2 Å². The molecule has 0 spiro atoms. The summed E-state index contributed by atoms with van der Waals surface area (Å²) in [6.07, 6.45) is 1.60. The summed E-state index contributed by atoms with van der Waals surface area (Å²) in [6.45, 7) is 0.925. The van der Waals surface area contributed by atoms with E-state index < -0.39 is 10.0 Å². The second-order valence-electron chi connectivity index (χ2n) is 5.23. The smallest absolute Gasteiger partial charge is 0.232 e. The molecule has 0 amide bonds. The minimum Gasteiger partial charge on any atom is -0.339 e. The Labute approximate surface area is 120 Å². The van der Waals surface area contributed by atoms with E-state index in [1.807, 2.05) is 16.8 Å². The molecule has 0 bridgehead atoms. The Balaban J connectivity index is 1.46. The van der Waals surface area contributed by atoms with Gasteiger partial charge in [0, 0.05) is 24.0 Å². The second-order valence-corrected chi connectivity index (χ2v) is 8.22. The van der Waals surface area contributed by atoms with Gasteiger partial charge in [-0.3, -0.25) is 0 Å². The number of hydrogen-bond donors (Lipinski definition) is 0. The molecule has 1 saturated carbocycles. The third kappa shape index (κ3) is 1.99. The first-order chi connectivity index (χ1) is 9.64. The van der Waals surface area contributed by atoms with Gasteiger partial charge >= 0.3 is 0 Å². The van der Waals surface area contributed by atoms with E-state index in [4.69, 9.17) is 4.52 Å². The van der Waals surface area contributed by atoms with Crippen LogP contribution in [0.25, 0.3) is 11.4 Å². The minimum atomic E-state index is -3.06. The van der Waals surface area contributed by atoms with Crippen molar-refractivity contribution >= 4 is 21.4 Å². The largest absolute Gasteiger partial charge is 0.339 e. The lowest BCUT2D eigenvalue weighted by Crippen LogP contribution is -2.49. The molecule has 1 saturated heterocycles. The number of sulfonamides is 1. The minimum absolute atomic E-state index is 0.0309. The molecule has 2 aliphatic rings. The van der Waals surface area contributed by atoms with Crippen LogP contribution >= 0.6 is 11.3 Å². The van der Waals surface area contributed by atoms with Crippen LogP contribution in [0.1, 0.15) is 24.7 Å². The highest BCUT2D eigenvalue weighted by molar-refractivity contribution is 7.90. The first kappa shape index (κ1) is 12.5. The number of hydrogen-bond acceptors (Lipinski definition) is 6. The maximum atomic E-state index is 12.0. The Kier molecular flexibility index (Phi) is 2.73. The van der Waals surface area contributed by atoms with Crippen molar-refractivity contribution in [2.24, 2.45) is 0 Å². The molecule has 20 heavy (non-hydrogen) atoms. The van der Waals surface area contributed by atoms with Crippen LogP contribution in [0.5, 0.6) is 0 Å². The molecule has 1 aliphatic carbocycles. The fraction of sp³-hybridized carbons (Fsp3) is 0.500. The Morgan fingerprint density at radius 1 is 1.35 bits per heavy atom. The number of aromatic nitrogens is 2. The Bertz CT molecular complexity index is 713. The van der Waals surface area contributed by atoms with Crippen LogP contribution in [-0.4, -0.2) is 41.2 Å². The van der Waals surface area contributed by atoms with Crippen LogP contribution in [0, 0.1) is 0 Å². The van der Waals surface area contributed by atoms with E-state index in [0.717, 1.165) is 18.4 Å². The third-order valence-corrected chi connectivity index (χ3v) is 6.74. The van der Waals surface area contributed by atoms with Crippen molar-refractivity contribution in [3.8, 4) is 11.4 Å². The molecule has 3 heterocycles. The van der Waals surface area contributed by atoms with Crippen LogP contribution < -0.4 is 0 Å². The van der Waals surface area contributed by atoms with Gasteiger partial charge in [0.25, 0.3) is 0 Å². The monoisotopic (exact) mass is 311 g/mol. The number of thiophene rings is 1. The lowest BCUT2D eigenvalue weighted by atomic mass is 10.0. The standard InChI is InChI=1S/C12H13N3O3S2/c16-20(17,10-1-2-10)15-5-9(6-15)12-13-11(14-18-12)8-3-4-19-7-8/h3-4,7,9-10H,1-2,5-6H2. The molecule has 1 aliphatic heterocycles. The van der Waals surface area contributed by atoms with Crippen molar-refractivity contribution in [2.45, 2.75) is 24.0 Å². The Hall–Kier alpha value is -1.25. The van der Waals surface area contributed by atoms with Crippen molar-refractivity contribution in [1.82, 2.24) is 14.4 Å². The highest BCUT2D eigenvalue weighted by Crippen LogP contribution is 2.37. The van der Waals surface area contributed by atoms with Crippen molar-refractivity contribution in [3.05, 3.63) is 22.7 Å². The van der Waals surface area contributed by atoms with Gasteiger partial charge in [-0.1, -0.05) is 5.16 Å². The van der Waals surface area contributed by atoms with Crippen molar-refractivity contribution < 1.29 is 12.9 Å². The van der Waals surface area contributed by atoms with Crippen molar-refractivity contribution in [2.75, 3.05) is 13.1 Å². The second kappa shape index (κ2) is 4.37. The van der Waals surface area contributed by atoms with E-state index in [0.29, 0.717) is 24.8 Å². The van der Waals surface area contributed by atoms with E-state index in [2.05, 4.69) is 10.1 Å². The quantitative estimate of drug-likeness (QED) is 0.859. The van der Waals surface area contributed by atoms with Gasteiger partial charge < -0.3 is 4.52 Å². The summed E-state index contributed by atoms with van der Waals surface area (Å²) in [5.41, 5.74) is 0.937. The SMILES string of the molecule is O=S(=O)(C1CC1)N1CC(c2nc(-c3ccsc3)no2)C1. The van der Waals surface area contributed by atoms with E-state index >= 15 is 0 Å². The molecule has 2 aromatic rings. The topological polar surface area (TPSA) is 76.3 Å². The van der Waals surface area contributed by atoms with Crippen molar-refractivity contribution in [1.29, 1.82) is 0 Å². The predicted molar refractivity (Wildman–Crippen MR) is 73.9 cm³/mol. The fourth-order valence-corrected chi connectivity index (χ4v) is 4.85. The van der Waals surface area contributed by atoms with Crippen LogP contribution in [0.3, 0.4) is 0 Å². The zero-order valence-corrected chi connectivity index (χ0v) is 12.2. The Morgan fingerprint density at radius 2 is 2.15 bits per heavy atom. The van der Waals surface area contributed by atoms with Gasteiger partial charge in [0.1, 0.15) is 0 Å². The van der Waals surface area contributed by atoms with Crippen LogP contribution in [0.2, 0.25) is 0 Å². The summed E-state index contributed by atoms with van der Waals surface area (Å²) in [5, 5.41) is 7.72. The summed E-state index contributed by atoms with van der Waals surface area (Å²) >= 11 is 1.58. The van der Waals surface area contributed by atoms with Gasteiger partial charge in [0.15, 0.2) is 0 Å². The molecule has 0 N–H and O–H groups in total. The van der Waals surface area contributed by atoms with E-state index in [9.17, 15) is 8.42 Å². The molecule has 2 fully saturated rings. The fourth-order valence-electron chi connectivity index (χ4n) is 2.29. The summed E-state index contributed by atoms with van der Waals surface area (Å²) in [5.74, 6) is 1.14. The van der Waals surface area contributed by atoms with E-state index in [-0.39, 0.29) is 11.2 Å². The Morgan fingerprint density at radius 3 is 2.80 bits per heavy atom. The molecule has 4 rings (SSSR count). The van der Waals surface area contributed by atoms with Crippen molar-refractivity contribution in [3.63, 3.8) is 0 Å². The lowest BCUT2D eigenvalue weighted by Gasteiger charge is -2.35. The van der Waals surface area contributed by atoms with Crippen LogP contribution in [-0.2, 0) is 10.0 Å². The number of nitrogens with zero attached hydrogens (tertiary/aromatic N) is 3. The molecule has 106 valence electrons. The number of rotatable bonds is 4. The molecule has 0 atom stereocenters. The summed E-state index contributed by atoms with van der Waals surface area (Å²) < 4.78 is 30.8. The van der Waals surface area contributed by atoms with Gasteiger partial charge in [-0.05, 0) is 24.3 Å². The van der Waals surface area contributed by atoms with E-state index in [1.54, 1.807) is 11.3 Å². The van der Waals surface area contributed by atoms with Gasteiger partial charge in [-0.2, -0.15) is 20.6 Å². The van der Waals surface area contributed by atoms with Gasteiger partial charge in [-0.15, -0.1) is 0 Å². The van der Waals surface area contributed by atoms with Crippen LogP contribution in [0.4, 0.5) is 0 Å². The molecule has 8 heteroatoms. The first-order valence-electron chi connectivity index (χ1n) is 6.50. The highest BCUT2D eigenvalue weighted by atomic mass is 32.2. The molecule has 0 unspecified atom stereocenters. The summed E-state index contributed by atoms with van der Waals surface area (Å²) in [4.78, 5) is 4.36. The maximum absolute atomic E-state index is 12.0. The molecule has 6 nitrogen and oxygen atoms in total. The predicted octanol–water partition coefficient (Wildman–Crippen LogP) is 1.69. The van der Waals surface area contributed by atoms with E-state index in [1.165, 1.54) is 4.31 Å².